The van der Waals surface area contributed by atoms with Crippen LogP contribution in [-0.4, -0.2) is 22.8 Å². The Kier molecular flexibility index (Phi) is 4.19. The molecule has 0 atom stereocenters. The molecule has 0 saturated heterocycles. The van der Waals surface area contributed by atoms with Gasteiger partial charge in [0.05, 0.1) is 18.0 Å². The van der Waals surface area contributed by atoms with Gasteiger partial charge >= 0.3 is 5.97 Å². The van der Waals surface area contributed by atoms with Crippen LogP contribution in [0.5, 0.6) is 5.75 Å². The number of aromatic carboxylic acids is 1. The minimum atomic E-state index is -1.53. The summed E-state index contributed by atoms with van der Waals surface area (Å²) in [6.45, 7) is 1.26. The lowest BCUT2D eigenvalue weighted by molar-refractivity contribution is 0.0695. The van der Waals surface area contributed by atoms with E-state index >= 15 is 0 Å². The van der Waals surface area contributed by atoms with Gasteiger partial charge in [-0.15, -0.1) is 0 Å². The quantitative estimate of drug-likeness (QED) is 0.774. The van der Waals surface area contributed by atoms with E-state index in [1.54, 1.807) is 0 Å². The van der Waals surface area contributed by atoms with Crippen LogP contribution in [0, 0.1) is 24.4 Å². The lowest BCUT2D eigenvalue weighted by Crippen LogP contribution is -2.19. The van der Waals surface area contributed by atoms with Crippen molar-refractivity contribution in [2.24, 2.45) is 0 Å². The zero-order chi connectivity index (χ0) is 19.2. The van der Waals surface area contributed by atoms with Crippen molar-refractivity contribution in [3.63, 3.8) is 0 Å². The highest BCUT2D eigenvalue weighted by Crippen LogP contribution is 2.27. The molecule has 0 aliphatic carbocycles. The van der Waals surface area contributed by atoms with Gasteiger partial charge in [0.15, 0.2) is 23.2 Å². The minimum Gasteiger partial charge on any atom is -0.494 e. The van der Waals surface area contributed by atoms with Crippen molar-refractivity contribution in [1.82, 2.24) is 4.57 Å². The average Bonchev–Trinajstić information content (AvgIpc) is 2.61. The van der Waals surface area contributed by atoms with Crippen molar-refractivity contribution in [2.75, 3.05) is 7.11 Å². The number of hydrogen-bond donors (Lipinski definition) is 1. The van der Waals surface area contributed by atoms with Crippen molar-refractivity contribution in [3.05, 3.63) is 69.3 Å². The second-order valence-corrected chi connectivity index (χ2v) is 5.56. The van der Waals surface area contributed by atoms with Crippen LogP contribution >= 0.6 is 0 Å². The summed E-state index contributed by atoms with van der Waals surface area (Å²) in [6, 6.07) is 4.29. The minimum absolute atomic E-state index is 0.0208. The summed E-state index contributed by atoms with van der Waals surface area (Å²) in [7, 11) is 1.24. The van der Waals surface area contributed by atoms with Crippen molar-refractivity contribution in [2.45, 2.75) is 6.92 Å². The molecular weight excluding hydrogens is 351 g/mol. The van der Waals surface area contributed by atoms with Crippen LogP contribution < -0.4 is 10.2 Å². The fourth-order valence-electron chi connectivity index (χ4n) is 2.78. The van der Waals surface area contributed by atoms with Gasteiger partial charge in [-0.3, -0.25) is 4.79 Å². The van der Waals surface area contributed by atoms with E-state index in [1.165, 1.54) is 30.7 Å². The Morgan fingerprint density at radius 1 is 1.15 bits per heavy atom. The van der Waals surface area contributed by atoms with Crippen LogP contribution in [0.2, 0.25) is 0 Å². The van der Waals surface area contributed by atoms with Gasteiger partial charge in [-0.1, -0.05) is 0 Å². The van der Waals surface area contributed by atoms with Crippen molar-refractivity contribution < 1.29 is 27.8 Å². The number of halogens is 3. The Morgan fingerprint density at radius 3 is 2.46 bits per heavy atom. The predicted molar refractivity (Wildman–Crippen MR) is 87.7 cm³/mol. The van der Waals surface area contributed by atoms with E-state index in [0.29, 0.717) is 6.07 Å². The Hall–Kier alpha value is -3.29. The maximum Gasteiger partial charge on any atom is 0.341 e. The molecule has 3 rings (SSSR count). The summed E-state index contributed by atoms with van der Waals surface area (Å²) in [4.78, 5) is 23.8. The Morgan fingerprint density at radius 2 is 1.85 bits per heavy atom. The van der Waals surface area contributed by atoms with E-state index in [-0.39, 0.29) is 27.9 Å². The molecule has 0 aliphatic rings. The number of methoxy groups -OCH3 is 1. The first-order chi connectivity index (χ1) is 12.3. The van der Waals surface area contributed by atoms with E-state index in [0.717, 1.165) is 12.3 Å². The number of carboxylic acids is 1. The van der Waals surface area contributed by atoms with Crippen LogP contribution in [0.15, 0.2) is 35.3 Å². The van der Waals surface area contributed by atoms with E-state index in [2.05, 4.69) is 0 Å². The molecule has 3 aromatic rings. The number of nitrogens with zero attached hydrogens (tertiary/aromatic N) is 1. The molecular formula is C18H12F3NO4. The van der Waals surface area contributed by atoms with Crippen LogP contribution in [-0.2, 0) is 0 Å². The summed E-state index contributed by atoms with van der Waals surface area (Å²) < 4.78 is 47.6. The number of carboxylic acid groups (broad SMARTS) is 1. The summed E-state index contributed by atoms with van der Waals surface area (Å²) in [5.74, 6) is -4.75. The van der Waals surface area contributed by atoms with Gasteiger partial charge < -0.3 is 14.4 Å². The SMILES string of the molecule is COc1cc(-n2cc(C(=O)O)c(=O)c3cc(F)c(F)c(C)c32)ccc1F. The second-order valence-electron chi connectivity index (χ2n) is 5.56. The monoisotopic (exact) mass is 363 g/mol. The van der Waals surface area contributed by atoms with Gasteiger partial charge in [0.1, 0.15) is 5.56 Å². The van der Waals surface area contributed by atoms with Crippen molar-refractivity contribution >= 4 is 16.9 Å². The number of ether oxygens (including phenoxy) is 1. The summed E-state index contributed by atoms with van der Waals surface area (Å²) in [5, 5.41) is 8.97. The first kappa shape index (κ1) is 17.5. The number of carbonyl (C=O) groups is 1. The van der Waals surface area contributed by atoms with Crippen molar-refractivity contribution in [3.8, 4) is 11.4 Å². The molecule has 0 bridgehead atoms. The molecule has 1 N–H and O–H groups in total. The normalized spacial score (nSPS) is 11.0. The molecule has 2 aromatic carbocycles. The topological polar surface area (TPSA) is 68.5 Å². The van der Waals surface area contributed by atoms with E-state index in [1.807, 2.05) is 0 Å². The fraction of sp³-hybridized carbons (Fsp3) is 0.111. The number of hydrogen-bond acceptors (Lipinski definition) is 3. The Balaban J connectivity index is 2.52. The van der Waals surface area contributed by atoms with E-state index in [4.69, 9.17) is 4.74 Å². The first-order valence-corrected chi connectivity index (χ1v) is 7.37. The van der Waals surface area contributed by atoms with Gasteiger partial charge in [-0.2, -0.15) is 0 Å². The zero-order valence-electron chi connectivity index (χ0n) is 13.6. The lowest BCUT2D eigenvalue weighted by Gasteiger charge is -2.16. The fourth-order valence-corrected chi connectivity index (χ4v) is 2.78. The second kappa shape index (κ2) is 6.21. The molecule has 0 saturated carbocycles. The Labute approximate surface area is 144 Å². The molecule has 0 aliphatic heterocycles. The van der Waals surface area contributed by atoms with Crippen LogP contribution in [0.25, 0.3) is 16.6 Å². The highest BCUT2D eigenvalue weighted by Gasteiger charge is 2.21. The zero-order valence-corrected chi connectivity index (χ0v) is 13.6. The molecule has 0 spiro atoms. The number of aryl methyl sites for hydroxylation is 1. The molecule has 1 aromatic heterocycles. The summed E-state index contributed by atoms with van der Waals surface area (Å²) >= 11 is 0. The van der Waals surface area contributed by atoms with Gasteiger partial charge in [-0.05, 0) is 25.1 Å². The highest BCUT2D eigenvalue weighted by molar-refractivity contribution is 5.94. The molecule has 0 amide bonds. The third-order valence-electron chi connectivity index (χ3n) is 4.05. The third kappa shape index (κ3) is 2.59. The smallest absolute Gasteiger partial charge is 0.341 e. The average molecular weight is 363 g/mol. The standard InChI is InChI=1S/C18H12F3NO4/c1-8-15(21)13(20)6-10-16(8)22(7-11(17(10)23)18(24)25)9-3-4-12(19)14(5-9)26-2/h3-7H,1-2H3,(H,24,25). The predicted octanol–water partition coefficient (Wildman–Crippen LogP) is 3.42. The van der Waals surface area contributed by atoms with Gasteiger partial charge in [0.25, 0.3) is 0 Å². The number of rotatable bonds is 3. The molecule has 0 fully saturated rings. The Bertz CT molecular complexity index is 1120. The first-order valence-electron chi connectivity index (χ1n) is 7.37. The number of pyridine rings is 1. The molecule has 5 nitrogen and oxygen atoms in total. The van der Waals surface area contributed by atoms with Crippen LogP contribution in [0.1, 0.15) is 15.9 Å². The lowest BCUT2D eigenvalue weighted by atomic mass is 10.1. The van der Waals surface area contributed by atoms with Gasteiger partial charge in [0.2, 0.25) is 5.43 Å². The number of fused-ring (bicyclic) bond motifs is 1. The molecule has 1 heterocycles. The molecule has 0 unspecified atom stereocenters. The van der Waals surface area contributed by atoms with Gasteiger partial charge in [0, 0.05) is 23.5 Å². The third-order valence-corrected chi connectivity index (χ3v) is 4.05. The summed E-state index contributed by atoms with van der Waals surface area (Å²) in [5.41, 5.74) is -1.57. The number of benzene rings is 2. The maximum atomic E-state index is 14.1. The number of aromatic nitrogens is 1. The van der Waals surface area contributed by atoms with Crippen LogP contribution in [0.4, 0.5) is 13.2 Å². The van der Waals surface area contributed by atoms with Crippen LogP contribution in [0.3, 0.4) is 0 Å². The molecule has 134 valence electrons. The molecule has 8 heteroatoms. The maximum absolute atomic E-state index is 14.1. The van der Waals surface area contributed by atoms with Crippen molar-refractivity contribution in [1.29, 1.82) is 0 Å². The van der Waals surface area contributed by atoms with Gasteiger partial charge in [-0.25, -0.2) is 18.0 Å². The molecule has 26 heavy (non-hydrogen) atoms. The largest absolute Gasteiger partial charge is 0.494 e. The highest BCUT2D eigenvalue weighted by atomic mass is 19.2. The molecule has 0 radical (unpaired) electrons. The van der Waals surface area contributed by atoms with E-state index in [9.17, 15) is 27.9 Å². The van der Waals surface area contributed by atoms with E-state index < -0.39 is 34.4 Å². The summed E-state index contributed by atoms with van der Waals surface area (Å²) in [6.07, 6.45) is 0.990.